The first kappa shape index (κ1) is 20.8. The van der Waals surface area contributed by atoms with Crippen LogP contribution in [-0.4, -0.2) is 31.0 Å². The standard InChI is InChI=1S/C22H17F2N5OS/c1-13(19(30)10-29-12-26-11-27-29)22-28-20(15-4-2-14(9-25)3-5-15)21(31-22)17-7-6-16(23)8-18(17)24/h2-8,11-13,19,30H,10H2,1H3/t13-,19+/m1/s1. The molecule has 6 nitrogen and oxygen atoms in total. The predicted octanol–water partition coefficient (Wildman–Crippen LogP) is 4.38. The molecule has 4 aromatic rings. The minimum atomic E-state index is -0.799. The van der Waals surface area contributed by atoms with Gasteiger partial charge in [0.1, 0.15) is 24.3 Å². The van der Waals surface area contributed by atoms with Crippen molar-refractivity contribution in [3.63, 3.8) is 0 Å². The SMILES string of the molecule is C[C@@H](c1nc(-c2ccc(C#N)cc2)c(-c2ccc(F)cc2F)s1)[C@@H](O)Cn1cncn1. The van der Waals surface area contributed by atoms with Gasteiger partial charge in [-0.25, -0.2) is 18.7 Å². The summed E-state index contributed by atoms with van der Waals surface area (Å²) in [5.41, 5.74) is 1.92. The van der Waals surface area contributed by atoms with Gasteiger partial charge in [-0.2, -0.15) is 10.4 Å². The van der Waals surface area contributed by atoms with Gasteiger partial charge in [-0.1, -0.05) is 19.1 Å². The van der Waals surface area contributed by atoms with Gasteiger partial charge in [0.15, 0.2) is 0 Å². The summed E-state index contributed by atoms with van der Waals surface area (Å²) < 4.78 is 29.6. The number of hydrogen-bond donors (Lipinski definition) is 1. The molecule has 4 rings (SSSR count). The van der Waals surface area contributed by atoms with Crippen LogP contribution in [0.5, 0.6) is 0 Å². The van der Waals surface area contributed by atoms with E-state index in [1.165, 1.54) is 40.8 Å². The van der Waals surface area contributed by atoms with Crippen LogP contribution in [0, 0.1) is 23.0 Å². The van der Waals surface area contributed by atoms with Gasteiger partial charge < -0.3 is 5.11 Å². The van der Waals surface area contributed by atoms with Crippen molar-refractivity contribution in [2.45, 2.75) is 25.5 Å². The molecule has 0 spiro atoms. The van der Waals surface area contributed by atoms with Gasteiger partial charge in [0.05, 0.1) is 39.9 Å². The van der Waals surface area contributed by atoms with Crippen LogP contribution in [0.1, 0.15) is 23.4 Å². The monoisotopic (exact) mass is 437 g/mol. The molecule has 0 saturated heterocycles. The Morgan fingerprint density at radius 3 is 2.61 bits per heavy atom. The second kappa shape index (κ2) is 8.71. The summed E-state index contributed by atoms with van der Waals surface area (Å²) in [5, 5.41) is 24.3. The number of aliphatic hydroxyl groups excluding tert-OH is 1. The molecule has 0 saturated carbocycles. The van der Waals surface area contributed by atoms with Crippen LogP contribution >= 0.6 is 11.3 Å². The van der Waals surface area contributed by atoms with Crippen LogP contribution in [-0.2, 0) is 6.54 Å². The maximum atomic E-state index is 14.6. The molecule has 0 amide bonds. The minimum Gasteiger partial charge on any atom is -0.390 e. The molecule has 0 aliphatic heterocycles. The molecule has 2 aromatic heterocycles. The number of hydrogen-bond acceptors (Lipinski definition) is 6. The zero-order chi connectivity index (χ0) is 22.0. The second-order valence-corrected chi connectivity index (χ2v) is 8.05. The third-order valence-corrected chi connectivity index (χ3v) is 6.20. The fourth-order valence-corrected chi connectivity index (χ4v) is 4.35. The van der Waals surface area contributed by atoms with E-state index < -0.39 is 17.7 Å². The Hall–Kier alpha value is -3.48. The average molecular weight is 437 g/mol. The number of aliphatic hydroxyl groups is 1. The normalized spacial score (nSPS) is 13.0. The predicted molar refractivity (Wildman–Crippen MR) is 112 cm³/mol. The number of benzene rings is 2. The van der Waals surface area contributed by atoms with Crippen molar-refractivity contribution >= 4 is 11.3 Å². The smallest absolute Gasteiger partial charge is 0.137 e. The highest BCUT2D eigenvalue weighted by Gasteiger charge is 2.25. The molecule has 1 N–H and O–H groups in total. The Kier molecular flexibility index (Phi) is 5.84. The number of rotatable bonds is 6. The van der Waals surface area contributed by atoms with Crippen LogP contribution in [0.4, 0.5) is 8.78 Å². The Morgan fingerprint density at radius 1 is 1.19 bits per heavy atom. The summed E-state index contributed by atoms with van der Waals surface area (Å²) in [6.45, 7) is 2.06. The summed E-state index contributed by atoms with van der Waals surface area (Å²) >= 11 is 1.24. The molecule has 2 heterocycles. The Labute approximate surface area is 181 Å². The molecule has 0 unspecified atom stereocenters. The average Bonchev–Trinajstić information content (AvgIpc) is 3.43. The number of nitriles is 1. The van der Waals surface area contributed by atoms with Crippen molar-refractivity contribution in [3.05, 3.63) is 77.3 Å². The lowest BCUT2D eigenvalue weighted by Crippen LogP contribution is -2.22. The summed E-state index contributed by atoms with van der Waals surface area (Å²) in [7, 11) is 0. The number of aromatic nitrogens is 4. The molecule has 31 heavy (non-hydrogen) atoms. The summed E-state index contributed by atoms with van der Waals surface area (Å²) in [5.74, 6) is -1.73. The first-order valence-corrected chi connectivity index (χ1v) is 10.2. The van der Waals surface area contributed by atoms with Gasteiger partial charge in [-0.05, 0) is 24.3 Å². The number of halogens is 2. The Morgan fingerprint density at radius 2 is 1.97 bits per heavy atom. The van der Waals surface area contributed by atoms with Crippen LogP contribution in [0.25, 0.3) is 21.7 Å². The molecular weight excluding hydrogens is 420 g/mol. The van der Waals surface area contributed by atoms with E-state index in [1.54, 1.807) is 24.3 Å². The molecule has 0 bridgehead atoms. The lowest BCUT2D eigenvalue weighted by Gasteiger charge is -2.16. The fourth-order valence-electron chi connectivity index (χ4n) is 3.13. The van der Waals surface area contributed by atoms with E-state index in [-0.39, 0.29) is 18.0 Å². The van der Waals surface area contributed by atoms with Gasteiger partial charge in [0.2, 0.25) is 0 Å². The largest absolute Gasteiger partial charge is 0.390 e. The maximum absolute atomic E-state index is 14.6. The first-order valence-electron chi connectivity index (χ1n) is 9.43. The zero-order valence-corrected chi connectivity index (χ0v) is 17.2. The topological polar surface area (TPSA) is 87.6 Å². The lowest BCUT2D eigenvalue weighted by atomic mass is 10.0. The second-order valence-electron chi connectivity index (χ2n) is 7.02. The third-order valence-electron chi connectivity index (χ3n) is 4.91. The van der Waals surface area contributed by atoms with Crippen LogP contribution < -0.4 is 0 Å². The van der Waals surface area contributed by atoms with E-state index in [0.29, 0.717) is 26.7 Å². The molecule has 2 atom stereocenters. The summed E-state index contributed by atoms with van der Waals surface area (Å²) in [6, 6.07) is 12.3. The molecule has 0 fully saturated rings. The quantitative estimate of drug-likeness (QED) is 0.484. The van der Waals surface area contributed by atoms with E-state index in [4.69, 9.17) is 10.2 Å². The van der Waals surface area contributed by atoms with Crippen molar-refractivity contribution in [1.82, 2.24) is 19.7 Å². The highest BCUT2D eigenvalue weighted by molar-refractivity contribution is 7.15. The van der Waals surface area contributed by atoms with Crippen molar-refractivity contribution < 1.29 is 13.9 Å². The molecule has 9 heteroatoms. The van der Waals surface area contributed by atoms with Crippen LogP contribution in [0.2, 0.25) is 0 Å². The third kappa shape index (κ3) is 4.35. The highest BCUT2D eigenvalue weighted by Crippen LogP contribution is 2.41. The van der Waals surface area contributed by atoms with Crippen molar-refractivity contribution in [1.29, 1.82) is 5.26 Å². The molecule has 0 radical (unpaired) electrons. The lowest BCUT2D eigenvalue weighted by molar-refractivity contribution is 0.125. The van der Waals surface area contributed by atoms with Gasteiger partial charge in [-0.15, -0.1) is 11.3 Å². The van der Waals surface area contributed by atoms with Crippen molar-refractivity contribution in [3.8, 4) is 27.8 Å². The minimum absolute atomic E-state index is 0.225. The molecule has 156 valence electrons. The van der Waals surface area contributed by atoms with E-state index in [9.17, 15) is 13.9 Å². The van der Waals surface area contributed by atoms with Crippen LogP contribution in [0.3, 0.4) is 0 Å². The fraction of sp³-hybridized carbons (Fsp3) is 0.182. The van der Waals surface area contributed by atoms with Gasteiger partial charge >= 0.3 is 0 Å². The number of nitrogens with zero attached hydrogens (tertiary/aromatic N) is 5. The molecule has 0 aliphatic rings. The highest BCUT2D eigenvalue weighted by atomic mass is 32.1. The molecular formula is C22H17F2N5OS. The zero-order valence-electron chi connectivity index (χ0n) is 16.4. The van der Waals surface area contributed by atoms with Gasteiger partial charge in [-0.3, -0.25) is 4.68 Å². The van der Waals surface area contributed by atoms with Crippen LogP contribution in [0.15, 0.2) is 55.1 Å². The Balaban J connectivity index is 1.76. The Bertz CT molecular complexity index is 1230. The molecule has 2 aromatic carbocycles. The van der Waals surface area contributed by atoms with Gasteiger partial charge in [0, 0.05) is 23.1 Å². The van der Waals surface area contributed by atoms with Gasteiger partial charge in [0.25, 0.3) is 0 Å². The molecule has 0 aliphatic carbocycles. The maximum Gasteiger partial charge on any atom is 0.137 e. The first-order chi connectivity index (χ1) is 15.0. The van der Waals surface area contributed by atoms with E-state index in [0.717, 1.165) is 6.07 Å². The van der Waals surface area contributed by atoms with Crippen molar-refractivity contribution in [2.24, 2.45) is 0 Å². The van der Waals surface area contributed by atoms with Crippen molar-refractivity contribution in [2.75, 3.05) is 0 Å². The van der Waals surface area contributed by atoms with E-state index in [2.05, 4.69) is 16.2 Å². The summed E-state index contributed by atoms with van der Waals surface area (Å²) in [4.78, 5) is 9.09. The van der Waals surface area contributed by atoms with E-state index in [1.807, 2.05) is 6.92 Å². The number of thiazole rings is 1. The summed E-state index contributed by atoms with van der Waals surface area (Å²) in [6.07, 6.45) is 2.10. The van der Waals surface area contributed by atoms with E-state index >= 15 is 0 Å².